The molecule has 0 spiro atoms. The fourth-order valence-electron chi connectivity index (χ4n) is 1.65. The highest BCUT2D eigenvalue weighted by Crippen LogP contribution is 2.22. The Morgan fingerprint density at radius 2 is 1.95 bits per heavy atom. The highest BCUT2D eigenvalue weighted by molar-refractivity contribution is 9.10. The number of thioether (sulfide) groups is 1. The molecule has 98 valence electrons. The van der Waals surface area contributed by atoms with Gasteiger partial charge in [0.1, 0.15) is 11.6 Å². The second kappa shape index (κ2) is 6.87. The van der Waals surface area contributed by atoms with Crippen LogP contribution >= 0.6 is 27.7 Å². The zero-order valence-electron chi connectivity index (χ0n) is 10.1. The molecule has 0 saturated heterocycles. The quantitative estimate of drug-likeness (QED) is 0.747. The molecule has 0 heterocycles. The molecular formula is C15H12BrFOS. The molecule has 2 aromatic carbocycles. The lowest BCUT2D eigenvalue weighted by Gasteiger charge is -2.03. The van der Waals surface area contributed by atoms with Crippen LogP contribution < -0.4 is 0 Å². The summed E-state index contributed by atoms with van der Waals surface area (Å²) < 4.78 is 14.0. The van der Waals surface area contributed by atoms with Crippen molar-refractivity contribution in [3.63, 3.8) is 0 Å². The van der Waals surface area contributed by atoms with Crippen LogP contribution in [0.4, 0.5) is 4.39 Å². The van der Waals surface area contributed by atoms with Crippen molar-refractivity contribution in [3.8, 4) is 0 Å². The lowest BCUT2D eigenvalue weighted by Crippen LogP contribution is -2.05. The smallest absolute Gasteiger partial charge is 0.147 e. The van der Waals surface area contributed by atoms with E-state index in [9.17, 15) is 9.18 Å². The third kappa shape index (κ3) is 4.80. The van der Waals surface area contributed by atoms with E-state index in [-0.39, 0.29) is 18.0 Å². The third-order valence-corrected chi connectivity index (χ3v) is 4.03. The largest absolute Gasteiger partial charge is 0.298 e. The lowest BCUT2D eigenvalue weighted by atomic mass is 10.1. The number of rotatable bonds is 5. The van der Waals surface area contributed by atoms with Gasteiger partial charge in [0.25, 0.3) is 0 Å². The maximum absolute atomic E-state index is 13.0. The van der Waals surface area contributed by atoms with Gasteiger partial charge < -0.3 is 0 Å². The number of hydrogen-bond donors (Lipinski definition) is 0. The standard InChI is InChI=1S/C15H12BrFOS/c16-12-4-2-6-15(9-12)19-10-14(18)8-11-3-1-5-13(17)7-11/h1-7,9H,8,10H2. The third-order valence-electron chi connectivity index (χ3n) is 2.49. The maximum atomic E-state index is 13.0. The van der Waals surface area contributed by atoms with Crippen molar-refractivity contribution in [1.29, 1.82) is 0 Å². The van der Waals surface area contributed by atoms with Crippen molar-refractivity contribution >= 4 is 33.5 Å². The zero-order chi connectivity index (χ0) is 13.7. The molecule has 0 bridgehead atoms. The predicted octanol–water partition coefficient (Wildman–Crippen LogP) is 4.49. The number of hydrogen-bond acceptors (Lipinski definition) is 2. The topological polar surface area (TPSA) is 17.1 Å². The number of carbonyl (C=O) groups excluding carboxylic acids is 1. The van der Waals surface area contributed by atoms with Gasteiger partial charge in [-0.2, -0.15) is 0 Å². The number of benzene rings is 2. The second-order valence-corrected chi connectivity index (χ2v) is 6.06. The Morgan fingerprint density at radius 3 is 2.68 bits per heavy atom. The molecule has 0 fully saturated rings. The van der Waals surface area contributed by atoms with E-state index >= 15 is 0 Å². The van der Waals surface area contributed by atoms with Crippen LogP contribution in [-0.4, -0.2) is 11.5 Å². The van der Waals surface area contributed by atoms with Gasteiger partial charge >= 0.3 is 0 Å². The van der Waals surface area contributed by atoms with Crippen LogP contribution in [-0.2, 0) is 11.2 Å². The van der Waals surface area contributed by atoms with Gasteiger partial charge in [-0.05, 0) is 35.9 Å². The van der Waals surface area contributed by atoms with Crippen molar-refractivity contribution in [2.75, 3.05) is 5.75 Å². The lowest BCUT2D eigenvalue weighted by molar-refractivity contribution is -0.116. The summed E-state index contributed by atoms with van der Waals surface area (Å²) in [6.45, 7) is 0. The summed E-state index contributed by atoms with van der Waals surface area (Å²) >= 11 is 4.88. The Bertz CT molecular complexity index is 586. The molecule has 1 nitrogen and oxygen atoms in total. The fraction of sp³-hybridized carbons (Fsp3) is 0.133. The molecule has 0 aliphatic heterocycles. The molecule has 0 aliphatic carbocycles. The van der Waals surface area contributed by atoms with Crippen LogP contribution in [0.2, 0.25) is 0 Å². The van der Waals surface area contributed by atoms with Gasteiger partial charge in [0.2, 0.25) is 0 Å². The van der Waals surface area contributed by atoms with Crippen LogP contribution in [0.25, 0.3) is 0 Å². The Hall–Kier alpha value is -1.13. The van der Waals surface area contributed by atoms with Crippen LogP contribution in [0.15, 0.2) is 57.9 Å². The molecule has 0 aromatic heterocycles. The van der Waals surface area contributed by atoms with E-state index in [4.69, 9.17) is 0 Å². The summed E-state index contributed by atoms with van der Waals surface area (Å²) in [6, 6.07) is 14.0. The summed E-state index contributed by atoms with van der Waals surface area (Å²) in [7, 11) is 0. The van der Waals surface area contributed by atoms with Crippen LogP contribution in [0.3, 0.4) is 0 Å². The normalized spacial score (nSPS) is 10.4. The van der Waals surface area contributed by atoms with Crippen molar-refractivity contribution in [1.82, 2.24) is 0 Å². The van der Waals surface area contributed by atoms with Crippen molar-refractivity contribution in [3.05, 3.63) is 64.4 Å². The molecule has 0 atom stereocenters. The molecule has 0 saturated carbocycles. The summed E-state index contributed by atoms with van der Waals surface area (Å²) in [6.07, 6.45) is 0.277. The Kier molecular flexibility index (Phi) is 5.16. The van der Waals surface area contributed by atoms with Gasteiger partial charge in [0.05, 0.1) is 5.75 Å². The SMILES string of the molecule is O=C(CSc1cccc(Br)c1)Cc1cccc(F)c1. The molecular weight excluding hydrogens is 327 g/mol. The number of Topliss-reactive ketones (excluding diaryl/α,β-unsaturated/α-hetero) is 1. The molecule has 2 rings (SSSR count). The first-order chi connectivity index (χ1) is 9.13. The summed E-state index contributed by atoms with van der Waals surface area (Å²) in [5.41, 5.74) is 0.722. The van der Waals surface area contributed by atoms with E-state index in [1.165, 1.54) is 23.9 Å². The highest BCUT2D eigenvalue weighted by Gasteiger charge is 2.06. The molecule has 0 amide bonds. The molecule has 4 heteroatoms. The van der Waals surface area contributed by atoms with Crippen LogP contribution in [0, 0.1) is 5.82 Å². The molecule has 0 unspecified atom stereocenters. The molecule has 0 aliphatic rings. The van der Waals surface area contributed by atoms with E-state index in [2.05, 4.69) is 15.9 Å². The second-order valence-electron chi connectivity index (χ2n) is 4.09. The summed E-state index contributed by atoms with van der Waals surface area (Å²) in [4.78, 5) is 12.9. The minimum absolute atomic E-state index is 0.0931. The van der Waals surface area contributed by atoms with Crippen LogP contribution in [0.1, 0.15) is 5.56 Å². The maximum Gasteiger partial charge on any atom is 0.147 e. The van der Waals surface area contributed by atoms with Gasteiger partial charge in [-0.1, -0.05) is 34.1 Å². The van der Waals surface area contributed by atoms with E-state index in [1.54, 1.807) is 12.1 Å². The Labute approximate surface area is 124 Å². The van der Waals surface area contributed by atoms with Gasteiger partial charge in [-0.15, -0.1) is 11.8 Å². The van der Waals surface area contributed by atoms with Crippen molar-refractivity contribution in [2.24, 2.45) is 0 Å². The van der Waals surface area contributed by atoms with Crippen LogP contribution in [0.5, 0.6) is 0 Å². The number of ketones is 1. The van der Waals surface area contributed by atoms with Crippen molar-refractivity contribution < 1.29 is 9.18 Å². The van der Waals surface area contributed by atoms with Crippen molar-refractivity contribution in [2.45, 2.75) is 11.3 Å². The summed E-state index contributed by atoms with van der Waals surface area (Å²) in [5.74, 6) is 0.188. The highest BCUT2D eigenvalue weighted by atomic mass is 79.9. The average Bonchev–Trinajstić information content (AvgIpc) is 2.36. The molecule has 19 heavy (non-hydrogen) atoms. The van der Waals surface area contributed by atoms with Gasteiger partial charge in [-0.25, -0.2) is 4.39 Å². The van der Waals surface area contributed by atoms with Gasteiger partial charge in [0.15, 0.2) is 0 Å². The Balaban J connectivity index is 1.88. The minimum atomic E-state index is -0.301. The summed E-state index contributed by atoms with van der Waals surface area (Å²) in [5, 5.41) is 0. The monoisotopic (exact) mass is 338 g/mol. The minimum Gasteiger partial charge on any atom is -0.298 e. The van der Waals surface area contributed by atoms with E-state index in [1.807, 2.05) is 24.3 Å². The predicted molar refractivity (Wildman–Crippen MR) is 80.0 cm³/mol. The first kappa shape index (κ1) is 14.3. The molecule has 0 N–H and O–H groups in total. The number of halogens is 2. The van der Waals surface area contributed by atoms with Gasteiger partial charge in [-0.3, -0.25) is 4.79 Å². The van der Waals surface area contributed by atoms with E-state index in [0.717, 1.165) is 14.9 Å². The molecule has 2 aromatic rings. The van der Waals surface area contributed by atoms with E-state index in [0.29, 0.717) is 5.75 Å². The molecule has 0 radical (unpaired) electrons. The van der Waals surface area contributed by atoms with Gasteiger partial charge in [0, 0.05) is 15.8 Å². The van der Waals surface area contributed by atoms with E-state index < -0.39 is 0 Å². The Morgan fingerprint density at radius 1 is 1.16 bits per heavy atom. The fourth-order valence-corrected chi connectivity index (χ4v) is 3.01. The zero-order valence-corrected chi connectivity index (χ0v) is 12.5. The average molecular weight is 339 g/mol. The first-order valence-electron chi connectivity index (χ1n) is 5.78. The first-order valence-corrected chi connectivity index (χ1v) is 7.56. The number of carbonyl (C=O) groups is 1.